The Kier molecular flexibility index (Phi) is 8.20. The quantitative estimate of drug-likeness (QED) is 0.761. The van der Waals surface area contributed by atoms with Crippen molar-refractivity contribution in [3.8, 4) is 0 Å². The number of hydrogen-bond donors (Lipinski definition) is 0. The first kappa shape index (κ1) is 18.4. The number of hydrogen-bond acceptors (Lipinski definition) is 2. The average Bonchev–Trinajstić information content (AvgIpc) is 2.44. The van der Waals surface area contributed by atoms with E-state index in [1.165, 1.54) is 30.4 Å². The van der Waals surface area contributed by atoms with Crippen molar-refractivity contribution in [2.45, 2.75) is 53.4 Å². The molecule has 2 rings (SSSR count). The number of rotatable bonds is 3. The molecule has 1 aliphatic heterocycles. The maximum absolute atomic E-state index is 11.0. The number of halogens is 1. The van der Waals surface area contributed by atoms with Crippen LogP contribution in [-0.4, -0.2) is 19.0 Å². The molecule has 1 aromatic rings. The molecule has 1 fully saturated rings. The fraction of sp³-hybridized carbons (Fsp3) is 0.611. The Bertz CT molecular complexity index is 439. The van der Waals surface area contributed by atoms with Crippen molar-refractivity contribution in [3.63, 3.8) is 0 Å². The van der Waals surface area contributed by atoms with E-state index in [1.807, 2.05) is 13.0 Å². The minimum absolute atomic E-state index is 0.202. The monoisotopic (exact) mass is 354 g/mol. The molecule has 118 valence electrons. The summed E-state index contributed by atoms with van der Waals surface area (Å²) in [6, 6.07) is 4.15. The molecular weight excluding hydrogens is 328 g/mol. The number of ketones is 1. The average molecular weight is 355 g/mol. The van der Waals surface area contributed by atoms with Gasteiger partial charge in [0.1, 0.15) is 5.78 Å². The molecule has 2 nitrogen and oxygen atoms in total. The fourth-order valence-electron chi connectivity index (χ4n) is 2.57. The van der Waals surface area contributed by atoms with Crippen LogP contribution >= 0.6 is 15.9 Å². The molecular formula is C18H27BrO2. The normalized spacial score (nSPS) is 15.3. The zero-order chi connectivity index (χ0) is 15.8. The highest BCUT2D eigenvalue weighted by molar-refractivity contribution is 9.10. The summed E-state index contributed by atoms with van der Waals surface area (Å²) in [6.07, 6.45) is 4.43. The van der Waals surface area contributed by atoms with E-state index in [0.717, 1.165) is 29.2 Å². The van der Waals surface area contributed by atoms with Gasteiger partial charge in [0.05, 0.1) is 0 Å². The van der Waals surface area contributed by atoms with E-state index in [4.69, 9.17) is 4.74 Å². The third-order valence-corrected chi connectivity index (χ3v) is 4.61. The molecule has 0 N–H and O–H groups in total. The van der Waals surface area contributed by atoms with Gasteiger partial charge in [0.25, 0.3) is 0 Å². The molecule has 1 aliphatic rings. The van der Waals surface area contributed by atoms with Gasteiger partial charge in [-0.2, -0.15) is 0 Å². The Hall–Kier alpha value is -0.670. The van der Waals surface area contributed by atoms with E-state index in [9.17, 15) is 4.79 Å². The molecule has 0 radical (unpaired) electrons. The van der Waals surface area contributed by atoms with E-state index in [0.29, 0.717) is 6.42 Å². The standard InChI is InChI=1S/C11H13BrO.C7H14O/c1-7-4-8(2)10(6-9(3)13)11(12)5-7;1-2-7-3-5-8-6-4-7/h4-5H,6H2,1-3H3;7H,2-6H2,1H3. The first-order valence-electron chi connectivity index (χ1n) is 7.76. The molecule has 0 unspecified atom stereocenters. The van der Waals surface area contributed by atoms with Gasteiger partial charge in [0.15, 0.2) is 0 Å². The molecule has 0 atom stereocenters. The van der Waals surface area contributed by atoms with E-state index in [1.54, 1.807) is 6.92 Å². The lowest BCUT2D eigenvalue weighted by atomic mass is 9.98. The van der Waals surface area contributed by atoms with Crippen molar-refractivity contribution in [1.29, 1.82) is 0 Å². The van der Waals surface area contributed by atoms with Gasteiger partial charge in [-0.25, -0.2) is 0 Å². The second kappa shape index (κ2) is 9.37. The van der Waals surface area contributed by atoms with E-state index in [2.05, 4.69) is 35.8 Å². The van der Waals surface area contributed by atoms with Gasteiger partial charge in [-0.1, -0.05) is 35.3 Å². The van der Waals surface area contributed by atoms with Crippen LogP contribution in [0.5, 0.6) is 0 Å². The van der Waals surface area contributed by atoms with Crippen LogP contribution in [0.15, 0.2) is 16.6 Å². The molecule has 0 spiro atoms. The smallest absolute Gasteiger partial charge is 0.134 e. The number of carbonyl (C=O) groups is 1. The number of aryl methyl sites for hydroxylation is 2. The molecule has 0 aromatic heterocycles. The van der Waals surface area contributed by atoms with Crippen molar-refractivity contribution in [1.82, 2.24) is 0 Å². The number of benzene rings is 1. The minimum Gasteiger partial charge on any atom is -0.381 e. The summed E-state index contributed by atoms with van der Waals surface area (Å²) >= 11 is 3.47. The van der Waals surface area contributed by atoms with Crippen molar-refractivity contribution in [3.05, 3.63) is 33.3 Å². The second-order valence-electron chi connectivity index (χ2n) is 5.88. The van der Waals surface area contributed by atoms with Crippen LogP contribution in [0.1, 0.15) is 49.8 Å². The zero-order valence-electron chi connectivity index (χ0n) is 13.7. The molecule has 1 heterocycles. The Labute approximate surface area is 137 Å². The van der Waals surface area contributed by atoms with Crippen LogP contribution in [0.4, 0.5) is 0 Å². The van der Waals surface area contributed by atoms with Crippen LogP contribution in [0, 0.1) is 19.8 Å². The molecule has 1 saturated heterocycles. The predicted octanol–water partition coefficient (Wildman–Crippen LogP) is 5.02. The summed E-state index contributed by atoms with van der Waals surface area (Å²) in [5, 5.41) is 0. The third kappa shape index (κ3) is 6.75. The summed E-state index contributed by atoms with van der Waals surface area (Å²) in [6.45, 7) is 9.96. The maximum Gasteiger partial charge on any atom is 0.134 e. The van der Waals surface area contributed by atoms with Gasteiger partial charge in [0, 0.05) is 24.1 Å². The second-order valence-corrected chi connectivity index (χ2v) is 6.74. The minimum atomic E-state index is 0.202. The van der Waals surface area contributed by atoms with Crippen molar-refractivity contribution in [2.24, 2.45) is 5.92 Å². The molecule has 0 aliphatic carbocycles. The molecule has 1 aromatic carbocycles. The van der Waals surface area contributed by atoms with Crippen LogP contribution in [0.25, 0.3) is 0 Å². The van der Waals surface area contributed by atoms with E-state index < -0.39 is 0 Å². The molecule has 0 bridgehead atoms. The molecule has 21 heavy (non-hydrogen) atoms. The summed E-state index contributed by atoms with van der Waals surface area (Å²) in [7, 11) is 0. The Morgan fingerprint density at radius 3 is 2.33 bits per heavy atom. The highest BCUT2D eigenvalue weighted by Crippen LogP contribution is 2.23. The van der Waals surface area contributed by atoms with Gasteiger partial charge in [-0.05, 0) is 62.3 Å². The summed E-state index contributed by atoms with van der Waals surface area (Å²) in [5.74, 6) is 1.16. The third-order valence-electron chi connectivity index (χ3n) is 3.91. The maximum atomic E-state index is 11.0. The largest absolute Gasteiger partial charge is 0.381 e. The van der Waals surface area contributed by atoms with Gasteiger partial charge in [-0.15, -0.1) is 0 Å². The highest BCUT2D eigenvalue weighted by Gasteiger charge is 2.10. The molecule has 0 amide bonds. The lowest BCUT2D eigenvalue weighted by molar-refractivity contribution is -0.116. The highest BCUT2D eigenvalue weighted by atomic mass is 79.9. The Morgan fingerprint density at radius 1 is 1.29 bits per heavy atom. The van der Waals surface area contributed by atoms with Gasteiger partial charge >= 0.3 is 0 Å². The topological polar surface area (TPSA) is 26.3 Å². The Morgan fingerprint density at radius 2 is 1.90 bits per heavy atom. The van der Waals surface area contributed by atoms with Crippen LogP contribution in [0.2, 0.25) is 0 Å². The van der Waals surface area contributed by atoms with Gasteiger partial charge in [-0.3, -0.25) is 4.79 Å². The van der Waals surface area contributed by atoms with Gasteiger partial charge < -0.3 is 4.74 Å². The Balaban J connectivity index is 0.000000235. The van der Waals surface area contributed by atoms with Crippen LogP contribution < -0.4 is 0 Å². The van der Waals surface area contributed by atoms with Crippen LogP contribution in [-0.2, 0) is 16.0 Å². The van der Waals surface area contributed by atoms with Crippen LogP contribution in [0.3, 0.4) is 0 Å². The molecule has 3 heteroatoms. The number of Topliss-reactive ketones (excluding diaryl/α,β-unsaturated/α-hetero) is 1. The van der Waals surface area contributed by atoms with E-state index in [-0.39, 0.29) is 5.78 Å². The van der Waals surface area contributed by atoms with Crippen molar-refractivity contribution < 1.29 is 9.53 Å². The first-order valence-corrected chi connectivity index (χ1v) is 8.56. The first-order chi connectivity index (χ1) is 9.93. The summed E-state index contributed by atoms with van der Waals surface area (Å²) in [4.78, 5) is 11.0. The molecule has 0 saturated carbocycles. The summed E-state index contributed by atoms with van der Waals surface area (Å²) < 4.78 is 6.24. The lowest BCUT2D eigenvalue weighted by Crippen LogP contribution is -2.14. The number of carbonyl (C=O) groups excluding carboxylic acids is 1. The van der Waals surface area contributed by atoms with Gasteiger partial charge in [0.2, 0.25) is 0 Å². The summed E-state index contributed by atoms with van der Waals surface area (Å²) in [5.41, 5.74) is 3.51. The van der Waals surface area contributed by atoms with Crippen molar-refractivity contribution in [2.75, 3.05) is 13.2 Å². The fourth-order valence-corrected chi connectivity index (χ4v) is 3.39. The predicted molar refractivity (Wildman–Crippen MR) is 91.8 cm³/mol. The van der Waals surface area contributed by atoms with E-state index >= 15 is 0 Å². The lowest BCUT2D eigenvalue weighted by Gasteiger charge is -2.19. The van der Waals surface area contributed by atoms with Crippen molar-refractivity contribution >= 4 is 21.7 Å². The SMILES string of the molecule is CC(=O)Cc1c(C)cc(C)cc1Br.CCC1CCOCC1. The zero-order valence-corrected chi connectivity index (χ0v) is 15.3. The number of ether oxygens (including phenoxy) is 1.